The molecule has 2 nitrogen and oxygen atoms in total. The summed E-state index contributed by atoms with van der Waals surface area (Å²) in [4.78, 5) is 11.8. The molecule has 1 aromatic carbocycles. The molecule has 0 bridgehead atoms. The summed E-state index contributed by atoms with van der Waals surface area (Å²) in [6.45, 7) is 0. The summed E-state index contributed by atoms with van der Waals surface area (Å²) >= 11 is 0. The molecule has 2 rings (SSSR count). The predicted octanol–water partition coefficient (Wildman–Crippen LogP) is 2.54. The molecule has 0 spiro atoms. The fourth-order valence-electron chi connectivity index (χ4n) is 1.03. The maximum Gasteiger partial charge on any atom is 0.243 e. The molecular formula is C9H6O2S2. The van der Waals surface area contributed by atoms with E-state index in [0.29, 0.717) is 0 Å². The first-order valence-corrected chi connectivity index (χ1v) is 5.80. The number of hydrogen-bond acceptors (Lipinski definition) is 4. The highest BCUT2D eigenvalue weighted by Gasteiger charge is 2.01. The van der Waals surface area contributed by atoms with Gasteiger partial charge in [0.2, 0.25) is 4.74 Å². The third-order valence-corrected chi connectivity index (χ3v) is 3.77. The highest BCUT2D eigenvalue weighted by Crippen LogP contribution is 2.27. The molecule has 2 aromatic rings. The molecule has 13 heavy (non-hydrogen) atoms. The first-order chi connectivity index (χ1) is 6.25. The van der Waals surface area contributed by atoms with Gasteiger partial charge < -0.3 is 5.11 Å². The molecule has 0 aliphatic rings. The van der Waals surface area contributed by atoms with Crippen molar-refractivity contribution < 1.29 is 5.11 Å². The largest absolute Gasteiger partial charge is 0.508 e. The second-order valence-electron chi connectivity index (χ2n) is 2.54. The minimum atomic E-state index is 0.0587. The monoisotopic (exact) mass is 210 g/mol. The topological polar surface area (TPSA) is 37.3 Å². The summed E-state index contributed by atoms with van der Waals surface area (Å²) in [5, 5.41) is 9.21. The lowest BCUT2D eigenvalue weighted by molar-refractivity contribution is 0.475. The molecule has 1 aromatic heterocycles. The van der Waals surface area contributed by atoms with E-state index in [1.807, 2.05) is 6.07 Å². The van der Waals surface area contributed by atoms with Gasteiger partial charge >= 0.3 is 0 Å². The number of benzene rings is 1. The zero-order chi connectivity index (χ0) is 9.26. The van der Waals surface area contributed by atoms with Gasteiger partial charge in [-0.05, 0) is 28.0 Å². The Labute approximate surface area is 82.1 Å². The molecule has 1 N–H and O–H groups in total. The summed E-state index contributed by atoms with van der Waals surface area (Å²) in [6.07, 6.45) is 0. The lowest BCUT2D eigenvalue weighted by atomic mass is 10.2. The van der Waals surface area contributed by atoms with Crippen LogP contribution in [0.25, 0.3) is 10.4 Å². The number of rotatable bonds is 1. The van der Waals surface area contributed by atoms with Crippen molar-refractivity contribution in [1.29, 1.82) is 0 Å². The van der Waals surface area contributed by atoms with Crippen LogP contribution in [-0.2, 0) is 0 Å². The average molecular weight is 210 g/mol. The Morgan fingerprint density at radius 3 is 2.62 bits per heavy atom. The molecule has 4 heteroatoms. The van der Waals surface area contributed by atoms with E-state index in [2.05, 4.69) is 0 Å². The quantitative estimate of drug-likeness (QED) is 0.734. The van der Waals surface area contributed by atoms with Crippen molar-refractivity contribution in [2.45, 2.75) is 0 Å². The van der Waals surface area contributed by atoms with E-state index in [-0.39, 0.29) is 10.5 Å². The Bertz CT molecular complexity index is 470. The smallest absolute Gasteiger partial charge is 0.243 e. The van der Waals surface area contributed by atoms with Gasteiger partial charge in [-0.15, -0.1) is 0 Å². The third-order valence-electron chi connectivity index (χ3n) is 1.59. The molecule has 0 aliphatic heterocycles. The Morgan fingerprint density at radius 2 is 2.00 bits per heavy atom. The molecule has 66 valence electrons. The summed E-state index contributed by atoms with van der Waals surface area (Å²) < 4.78 is 0.0587. The van der Waals surface area contributed by atoms with E-state index in [0.717, 1.165) is 10.4 Å². The molecule has 0 amide bonds. The fraction of sp³-hybridized carbons (Fsp3) is 0. The van der Waals surface area contributed by atoms with Crippen LogP contribution in [0.15, 0.2) is 35.1 Å². The summed E-state index contributed by atoms with van der Waals surface area (Å²) in [5.74, 6) is 0.225. The van der Waals surface area contributed by atoms with Gasteiger partial charge in [-0.3, -0.25) is 4.79 Å². The van der Waals surface area contributed by atoms with Crippen molar-refractivity contribution >= 4 is 20.7 Å². The maximum absolute atomic E-state index is 10.9. The molecule has 0 fully saturated rings. The van der Waals surface area contributed by atoms with Gasteiger partial charge in [0.05, 0.1) is 0 Å². The normalized spacial score (nSPS) is 10.2. The third kappa shape index (κ3) is 1.79. The molecular weight excluding hydrogens is 204 g/mol. The highest BCUT2D eigenvalue weighted by molar-refractivity contribution is 7.69. The summed E-state index contributed by atoms with van der Waals surface area (Å²) in [6, 6.07) is 8.48. The van der Waals surface area contributed by atoms with Crippen molar-refractivity contribution in [3.05, 3.63) is 39.9 Å². The standard InChI is InChI=1S/C9H6O2S2/c10-7-3-1-2-6(4-7)8-5-9(11)13-12-8/h1-5,10H. The number of hydrogen-bond donors (Lipinski definition) is 1. The van der Waals surface area contributed by atoms with Crippen LogP contribution in [0.5, 0.6) is 5.75 Å². The highest BCUT2D eigenvalue weighted by atomic mass is 32.9. The van der Waals surface area contributed by atoms with Crippen molar-refractivity contribution in [1.82, 2.24) is 0 Å². The maximum atomic E-state index is 10.9. The second-order valence-corrected chi connectivity index (χ2v) is 4.72. The molecule has 0 saturated carbocycles. The Balaban J connectivity index is 2.52. The van der Waals surface area contributed by atoms with Gasteiger partial charge in [0.25, 0.3) is 0 Å². The van der Waals surface area contributed by atoms with Gasteiger partial charge in [-0.25, -0.2) is 0 Å². The minimum absolute atomic E-state index is 0.0587. The first kappa shape index (κ1) is 8.47. The average Bonchev–Trinajstić information content (AvgIpc) is 2.52. The van der Waals surface area contributed by atoms with Crippen LogP contribution >= 0.6 is 20.7 Å². The van der Waals surface area contributed by atoms with Crippen LogP contribution < -0.4 is 4.74 Å². The zero-order valence-corrected chi connectivity index (χ0v) is 8.19. The van der Waals surface area contributed by atoms with Crippen LogP contribution in [0.3, 0.4) is 0 Å². The minimum Gasteiger partial charge on any atom is -0.508 e. The fourth-order valence-corrected chi connectivity index (χ4v) is 2.92. The van der Waals surface area contributed by atoms with E-state index < -0.39 is 0 Å². The molecule has 1 heterocycles. The first-order valence-electron chi connectivity index (χ1n) is 3.65. The van der Waals surface area contributed by atoms with Gasteiger partial charge in [-0.2, -0.15) is 0 Å². The van der Waals surface area contributed by atoms with Gasteiger partial charge in [-0.1, -0.05) is 22.5 Å². The van der Waals surface area contributed by atoms with E-state index >= 15 is 0 Å². The van der Waals surface area contributed by atoms with Gasteiger partial charge in [0.1, 0.15) is 5.75 Å². The number of phenolic OH excluding ortho intramolecular Hbond substituents is 1. The second kappa shape index (κ2) is 3.32. The van der Waals surface area contributed by atoms with E-state index in [1.54, 1.807) is 24.3 Å². The van der Waals surface area contributed by atoms with Crippen LogP contribution in [0.2, 0.25) is 0 Å². The van der Waals surface area contributed by atoms with Crippen molar-refractivity contribution in [3.63, 3.8) is 0 Å². The van der Waals surface area contributed by atoms with Crippen LogP contribution in [0.4, 0.5) is 0 Å². The van der Waals surface area contributed by atoms with Crippen molar-refractivity contribution in [2.24, 2.45) is 0 Å². The Morgan fingerprint density at radius 1 is 1.15 bits per heavy atom. The van der Waals surface area contributed by atoms with Crippen molar-refractivity contribution in [2.75, 3.05) is 0 Å². The summed E-state index contributed by atoms with van der Waals surface area (Å²) in [5.41, 5.74) is 0.892. The number of aromatic hydroxyl groups is 1. The van der Waals surface area contributed by atoms with Crippen molar-refractivity contribution in [3.8, 4) is 16.2 Å². The zero-order valence-electron chi connectivity index (χ0n) is 6.56. The number of phenols is 1. The Hall–Kier alpha value is -1.13. The van der Waals surface area contributed by atoms with Crippen LogP contribution in [0.1, 0.15) is 0 Å². The molecule has 0 atom stereocenters. The van der Waals surface area contributed by atoms with E-state index in [4.69, 9.17) is 0 Å². The SMILES string of the molecule is O=c1cc(-c2cccc(O)c2)ss1. The lowest BCUT2D eigenvalue weighted by Gasteiger charge is -1.95. The van der Waals surface area contributed by atoms with Gasteiger partial charge in [0.15, 0.2) is 0 Å². The molecule has 0 saturated heterocycles. The summed E-state index contributed by atoms with van der Waals surface area (Å²) in [7, 11) is 2.64. The van der Waals surface area contributed by atoms with E-state index in [1.165, 1.54) is 20.7 Å². The Kier molecular flexibility index (Phi) is 2.16. The van der Waals surface area contributed by atoms with Gasteiger partial charge in [0, 0.05) is 10.9 Å². The molecule has 0 aliphatic carbocycles. The predicted molar refractivity (Wildman–Crippen MR) is 55.6 cm³/mol. The lowest BCUT2D eigenvalue weighted by Crippen LogP contribution is -1.81. The molecule has 0 unspecified atom stereocenters. The van der Waals surface area contributed by atoms with Crippen LogP contribution in [-0.4, -0.2) is 5.11 Å². The van der Waals surface area contributed by atoms with Crippen LogP contribution in [0, 0.1) is 0 Å². The van der Waals surface area contributed by atoms with E-state index in [9.17, 15) is 9.90 Å². The molecule has 0 radical (unpaired) electrons.